The first kappa shape index (κ1) is 13.6. The second kappa shape index (κ2) is 5.95. The van der Waals surface area contributed by atoms with Gasteiger partial charge in [-0.1, -0.05) is 12.1 Å². The Balaban J connectivity index is 1.93. The third-order valence-electron chi connectivity index (χ3n) is 4.21. The maximum atomic E-state index is 5.76. The molecular formula is C16H24N4. The molecule has 4 nitrogen and oxygen atoms in total. The van der Waals surface area contributed by atoms with Crippen molar-refractivity contribution in [2.45, 2.75) is 26.6 Å². The van der Waals surface area contributed by atoms with Crippen LogP contribution >= 0.6 is 0 Å². The van der Waals surface area contributed by atoms with Gasteiger partial charge in [-0.25, -0.2) is 0 Å². The van der Waals surface area contributed by atoms with Gasteiger partial charge in [0.2, 0.25) is 0 Å². The Morgan fingerprint density at radius 3 is 2.75 bits per heavy atom. The van der Waals surface area contributed by atoms with Gasteiger partial charge in [-0.15, -0.1) is 0 Å². The maximum absolute atomic E-state index is 5.76. The van der Waals surface area contributed by atoms with Crippen LogP contribution in [0.5, 0.6) is 0 Å². The van der Waals surface area contributed by atoms with Crippen LogP contribution in [0, 0.1) is 0 Å². The van der Waals surface area contributed by atoms with Crippen molar-refractivity contribution in [2.24, 2.45) is 5.73 Å². The molecule has 4 heteroatoms. The first-order valence-corrected chi connectivity index (χ1v) is 7.55. The minimum Gasteiger partial charge on any atom is -0.347 e. The molecule has 1 aromatic heterocycles. The Labute approximate surface area is 120 Å². The van der Waals surface area contributed by atoms with E-state index in [0.717, 1.165) is 39.3 Å². The predicted octanol–water partition coefficient (Wildman–Crippen LogP) is 1.53. The van der Waals surface area contributed by atoms with E-state index in [1.165, 1.54) is 22.0 Å². The van der Waals surface area contributed by atoms with Crippen LogP contribution in [0.3, 0.4) is 0 Å². The molecule has 0 spiro atoms. The average molecular weight is 272 g/mol. The quantitative estimate of drug-likeness (QED) is 0.887. The molecule has 0 radical (unpaired) electrons. The van der Waals surface area contributed by atoms with E-state index in [2.05, 4.69) is 46.1 Å². The number of aromatic nitrogens is 1. The van der Waals surface area contributed by atoms with E-state index >= 15 is 0 Å². The third-order valence-corrected chi connectivity index (χ3v) is 4.21. The molecule has 0 unspecified atom stereocenters. The molecule has 1 aliphatic rings. The lowest BCUT2D eigenvalue weighted by atomic mass is 10.1. The number of nitrogens with zero attached hydrogens (tertiary/aromatic N) is 2. The average Bonchev–Trinajstić information content (AvgIpc) is 2.85. The standard InChI is InChI=1S/C16H24N4/c1-2-20-12-14(11-19-7-5-18-6-8-19)15-4-3-13(10-17)9-16(15)20/h3-4,9,12,18H,2,5-8,10-11,17H2,1H3. The molecule has 1 aromatic carbocycles. The summed E-state index contributed by atoms with van der Waals surface area (Å²) in [5.41, 5.74) is 9.73. The lowest BCUT2D eigenvalue weighted by molar-refractivity contribution is 0.234. The van der Waals surface area contributed by atoms with Crippen molar-refractivity contribution < 1.29 is 0 Å². The minimum atomic E-state index is 0.609. The number of fused-ring (bicyclic) bond motifs is 1. The van der Waals surface area contributed by atoms with Crippen LogP contribution in [-0.2, 0) is 19.6 Å². The zero-order valence-corrected chi connectivity index (χ0v) is 12.2. The van der Waals surface area contributed by atoms with Crippen molar-refractivity contribution in [3.63, 3.8) is 0 Å². The topological polar surface area (TPSA) is 46.2 Å². The van der Waals surface area contributed by atoms with Crippen molar-refractivity contribution >= 4 is 10.9 Å². The van der Waals surface area contributed by atoms with E-state index in [1.807, 2.05) is 0 Å². The summed E-state index contributed by atoms with van der Waals surface area (Å²) in [5, 5.41) is 4.79. The van der Waals surface area contributed by atoms with Crippen LogP contribution in [0.15, 0.2) is 24.4 Å². The molecule has 0 atom stereocenters. The highest BCUT2D eigenvalue weighted by molar-refractivity contribution is 5.84. The second-order valence-electron chi connectivity index (χ2n) is 5.52. The van der Waals surface area contributed by atoms with Crippen molar-refractivity contribution in [2.75, 3.05) is 26.2 Å². The van der Waals surface area contributed by atoms with E-state index in [9.17, 15) is 0 Å². The Bertz CT molecular complexity index is 581. The number of aryl methyl sites for hydroxylation is 1. The lowest BCUT2D eigenvalue weighted by Crippen LogP contribution is -2.42. The van der Waals surface area contributed by atoms with Gasteiger partial charge in [0.15, 0.2) is 0 Å². The predicted molar refractivity (Wildman–Crippen MR) is 83.7 cm³/mol. The fourth-order valence-corrected chi connectivity index (χ4v) is 3.04. The van der Waals surface area contributed by atoms with Gasteiger partial charge < -0.3 is 15.6 Å². The number of nitrogens with two attached hydrogens (primary N) is 1. The van der Waals surface area contributed by atoms with E-state index < -0.39 is 0 Å². The molecule has 0 bridgehead atoms. The summed E-state index contributed by atoms with van der Waals surface area (Å²) in [6.07, 6.45) is 2.31. The van der Waals surface area contributed by atoms with Crippen LogP contribution in [-0.4, -0.2) is 35.6 Å². The third kappa shape index (κ3) is 2.59. The first-order valence-electron chi connectivity index (χ1n) is 7.55. The molecule has 20 heavy (non-hydrogen) atoms. The molecule has 1 saturated heterocycles. The molecule has 0 amide bonds. The molecule has 1 aliphatic heterocycles. The highest BCUT2D eigenvalue weighted by atomic mass is 15.2. The van der Waals surface area contributed by atoms with Gasteiger partial charge in [0, 0.05) is 62.9 Å². The number of piperazine rings is 1. The maximum Gasteiger partial charge on any atom is 0.0486 e. The molecule has 1 fully saturated rings. The number of nitrogens with one attached hydrogen (secondary N) is 1. The van der Waals surface area contributed by atoms with Crippen LogP contribution in [0.1, 0.15) is 18.1 Å². The molecule has 0 aliphatic carbocycles. The number of hydrogen-bond donors (Lipinski definition) is 2. The summed E-state index contributed by atoms with van der Waals surface area (Å²) in [4.78, 5) is 2.53. The van der Waals surface area contributed by atoms with Gasteiger partial charge in [-0.2, -0.15) is 0 Å². The molecule has 2 heterocycles. The molecule has 0 saturated carbocycles. The second-order valence-corrected chi connectivity index (χ2v) is 5.52. The first-order chi connectivity index (χ1) is 9.81. The highest BCUT2D eigenvalue weighted by Gasteiger charge is 2.14. The smallest absolute Gasteiger partial charge is 0.0486 e. The zero-order valence-electron chi connectivity index (χ0n) is 12.2. The van der Waals surface area contributed by atoms with Crippen molar-refractivity contribution in [1.82, 2.24) is 14.8 Å². The molecular weight excluding hydrogens is 248 g/mol. The van der Waals surface area contributed by atoms with Gasteiger partial charge in [-0.05, 0) is 24.1 Å². The SMILES string of the molecule is CCn1cc(CN2CCNCC2)c2ccc(CN)cc21. The van der Waals surface area contributed by atoms with Gasteiger partial charge in [0.1, 0.15) is 0 Å². The fourth-order valence-electron chi connectivity index (χ4n) is 3.04. The normalized spacial score (nSPS) is 16.9. The van der Waals surface area contributed by atoms with Crippen LogP contribution in [0.4, 0.5) is 0 Å². The number of rotatable bonds is 4. The Hall–Kier alpha value is -1.36. The van der Waals surface area contributed by atoms with Crippen molar-refractivity contribution in [3.05, 3.63) is 35.5 Å². The van der Waals surface area contributed by atoms with Crippen LogP contribution in [0.2, 0.25) is 0 Å². The largest absolute Gasteiger partial charge is 0.347 e. The highest BCUT2D eigenvalue weighted by Crippen LogP contribution is 2.24. The lowest BCUT2D eigenvalue weighted by Gasteiger charge is -2.26. The number of benzene rings is 1. The Morgan fingerprint density at radius 2 is 2.05 bits per heavy atom. The summed E-state index contributed by atoms with van der Waals surface area (Å²) >= 11 is 0. The monoisotopic (exact) mass is 272 g/mol. The summed E-state index contributed by atoms with van der Waals surface area (Å²) in [6, 6.07) is 6.63. The molecule has 108 valence electrons. The Kier molecular flexibility index (Phi) is 4.05. The van der Waals surface area contributed by atoms with Gasteiger partial charge in [0.25, 0.3) is 0 Å². The summed E-state index contributed by atoms with van der Waals surface area (Å²) in [7, 11) is 0. The van der Waals surface area contributed by atoms with E-state index in [4.69, 9.17) is 5.73 Å². The molecule has 2 aromatic rings. The van der Waals surface area contributed by atoms with Crippen molar-refractivity contribution in [1.29, 1.82) is 0 Å². The Morgan fingerprint density at radius 1 is 1.25 bits per heavy atom. The van der Waals surface area contributed by atoms with E-state index in [0.29, 0.717) is 6.54 Å². The summed E-state index contributed by atoms with van der Waals surface area (Å²) < 4.78 is 2.34. The van der Waals surface area contributed by atoms with Gasteiger partial charge in [0.05, 0.1) is 0 Å². The van der Waals surface area contributed by atoms with Gasteiger partial charge >= 0.3 is 0 Å². The molecule has 3 rings (SSSR count). The van der Waals surface area contributed by atoms with Gasteiger partial charge in [-0.3, -0.25) is 4.90 Å². The minimum absolute atomic E-state index is 0.609. The number of hydrogen-bond acceptors (Lipinski definition) is 3. The summed E-state index contributed by atoms with van der Waals surface area (Å²) in [5.74, 6) is 0. The zero-order chi connectivity index (χ0) is 13.9. The van der Waals surface area contributed by atoms with Crippen LogP contribution < -0.4 is 11.1 Å². The van der Waals surface area contributed by atoms with E-state index in [1.54, 1.807) is 0 Å². The van der Waals surface area contributed by atoms with E-state index in [-0.39, 0.29) is 0 Å². The summed E-state index contributed by atoms with van der Waals surface area (Å²) in [6.45, 7) is 9.34. The fraction of sp³-hybridized carbons (Fsp3) is 0.500. The van der Waals surface area contributed by atoms with Crippen molar-refractivity contribution in [3.8, 4) is 0 Å². The molecule has 3 N–H and O–H groups in total. The van der Waals surface area contributed by atoms with Crippen LogP contribution in [0.25, 0.3) is 10.9 Å².